The van der Waals surface area contributed by atoms with Gasteiger partial charge >= 0.3 is 0 Å². The van der Waals surface area contributed by atoms with Gasteiger partial charge < -0.3 is 0 Å². The molecule has 1 aromatic carbocycles. The monoisotopic (exact) mass is 343 g/mol. The minimum atomic E-state index is -0.646. The fourth-order valence-electron chi connectivity index (χ4n) is 2.19. The molecule has 0 fully saturated rings. The van der Waals surface area contributed by atoms with Gasteiger partial charge in [0.05, 0.1) is 11.4 Å². The van der Waals surface area contributed by atoms with Crippen molar-refractivity contribution in [2.24, 2.45) is 4.99 Å². The van der Waals surface area contributed by atoms with Gasteiger partial charge in [0.25, 0.3) is 11.8 Å². The van der Waals surface area contributed by atoms with Gasteiger partial charge in [-0.3, -0.25) is 20.3 Å². The summed E-state index contributed by atoms with van der Waals surface area (Å²) < 4.78 is 0. The van der Waals surface area contributed by atoms with Gasteiger partial charge in [0.1, 0.15) is 6.04 Å². The van der Waals surface area contributed by atoms with Crippen molar-refractivity contribution >= 4 is 39.8 Å². The third-order valence-corrected chi connectivity index (χ3v) is 4.58. The number of hydrogen-bond acceptors (Lipinski definition) is 6. The molecule has 1 unspecified atom stereocenters. The van der Waals surface area contributed by atoms with Crippen LogP contribution in [0.15, 0.2) is 35.3 Å². The summed E-state index contributed by atoms with van der Waals surface area (Å²) in [5.41, 5.74) is 4.32. The smallest absolute Gasteiger partial charge is 0.294 e. The minimum absolute atomic E-state index is 0.0801. The SMILES string of the molecule is Cc1nc(NC(=O)C2=NC(C)C(=O)N(c3ccccc3)N2)sc1C. The number of carbonyl (C=O) groups is 2. The zero-order valence-corrected chi connectivity index (χ0v) is 14.3. The first-order chi connectivity index (χ1) is 11.5. The molecule has 0 radical (unpaired) electrons. The number of amides is 2. The van der Waals surface area contributed by atoms with Gasteiger partial charge in [0.15, 0.2) is 5.13 Å². The fourth-order valence-corrected chi connectivity index (χ4v) is 3.00. The van der Waals surface area contributed by atoms with E-state index in [-0.39, 0.29) is 11.7 Å². The highest BCUT2D eigenvalue weighted by atomic mass is 32.1. The van der Waals surface area contributed by atoms with Crippen LogP contribution in [-0.4, -0.2) is 28.7 Å². The number of nitrogens with zero attached hydrogens (tertiary/aromatic N) is 3. The van der Waals surface area contributed by atoms with Crippen molar-refractivity contribution in [2.45, 2.75) is 26.8 Å². The average Bonchev–Trinajstić information content (AvgIpc) is 2.88. The Morgan fingerprint density at radius 1 is 1.29 bits per heavy atom. The molecule has 0 bridgehead atoms. The summed E-state index contributed by atoms with van der Waals surface area (Å²) in [5, 5.41) is 4.57. The summed E-state index contributed by atoms with van der Waals surface area (Å²) in [7, 11) is 0. The molecule has 124 valence electrons. The molecule has 0 spiro atoms. The highest BCUT2D eigenvalue weighted by Gasteiger charge is 2.30. The Morgan fingerprint density at radius 2 is 2.00 bits per heavy atom. The van der Waals surface area contributed by atoms with Crippen LogP contribution in [0.4, 0.5) is 10.8 Å². The second kappa shape index (κ2) is 6.40. The Hall–Kier alpha value is -2.74. The molecule has 7 nitrogen and oxygen atoms in total. The summed E-state index contributed by atoms with van der Waals surface area (Å²) in [5.74, 6) is -0.570. The number of rotatable bonds is 3. The molecular weight excluding hydrogens is 326 g/mol. The highest BCUT2D eigenvalue weighted by molar-refractivity contribution is 7.15. The maximum atomic E-state index is 12.4. The number of aliphatic imine (C=N–C) groups is 1. The molecule has 24 heavy (non-hydrogen) atoms. The lowest BCUT2D eigenvalue weighted by molar-refractivity contribution is -0.120. The van der Waals surface area contributed by atoms with Crippen molar-refractivity contribution in [3.63, 3.8) is 0 Å². The van der Waals surface area contributed by atoms with E-state index in [1.165, 1.54) is 16.3 Å². The lowest BCUT2D eigenvalue weighted by Crippen LogP contribution is -2.57. The number of aryl methyl sites for hydroxylation is 2. The molecule has 8 heteroatoms. The maximum Gasteiger partial charge on any atom is 0.294 e. The van der Waals surface area contributed by atoms with Gasteiger partial charge in [-0.2, -0.15) is 0 Å². The van der Waals surface area contributed by atoms with E-state index in [0.29, 0.717) is 10.8 Å². The van der Waals surface area contributed by atoms with Crippen LogP contribution in [0.25, 0.3) is 0 Å². The Bertz CT molecular complexity index is 796. The Kier molecular flexibility index (Phi) is 4.30. The van der Waals surface area contributed by atoms with E-state index in [9.17, 15) is 9.59 Å². The Balaban J connectivity index is 1.81. The first-order valence-corrected chi connectivity index (χ1v) is 8.26. The van der Waals surface area contributed by atoms with Gasteiger partial charge in [-0.25, -0.2) is 15.0 Å². The third-order valence-electron chi connectivity index (χ3n) is 3.60. The van der Waals surface area contributed by atoms with Crippen LogP contribution in [0, 0.1) is 13.8 Å². The van der Waals surface area contributed by atoms with E-state index in [2.05, 4.69) is 20.7 Å². The van der Waals surface area contributed by atoms with Crippen LogP contribution in [0.1, 0.15) is 17.5 Å². The molecular formula is C16H17N5O2S. The number of para-hydroxylation sites is 1. The van der Waals surface area contributed by atoms with Crippen molar-refractivity contribution < 1.29 is 9.59 Å². The van der Waals surface area contributed by atoms with Gasteiger partial charge in [-0.1, -0.05) is 18.2 Å². The molecule has 2 heterocycles. The summed E-state index contributed by atoms with van der Waals surface area (Å²) >= 11 is 1.40. The van der Waals surface area contributed by atoms with Gasteiger partial charge in [0.2, 0.25) is 5.84 Å². The highest BCUT2D eigenvalue weighted by Crippen LogP contribution is 2.21. The second-order valence-corrected chi connectivity index (χ2v) is 6.59. The van der Waals surface area contributed by atoms with Gasteiger partial charge in [0, 0.05) is 4.88 Å². The van der Waals surface area contributed by atoms with E-state index in [0.717, 1.165) is 10.6 Å². The van der Waals surface area contributed by atoms with Crippen LogP contribution in [0.5, 0.6) is 0 Å². The minimum Gasteiger partial charge on any atom is -0.295 e. The predicted octanol–water partition coefficient (Wildman–Crippen LogP) is 2.04. The molecule has 1 aromatic heterocycles. The number of hydrazine groups is 1. The molecule has 3 rings (SSSR count). The standard InChI is InChI=1S/C16H17N5O2S/c1-9-11(3)24-16(18-9)19-14(22)13-17-10(2)15(23)21(20-13)12-7-5-4-6-8-12/h4-8,10H,1-3H3,(H,17,20)(H,18,19,22). The van der Waals surface area contributed by atoms with Crippen molar-refractivity contribution in [1.29, 1.82) is 0 Å². The van der Waals surface area contributed by atoms with Gasteiger partial charge in [-0.15, -0.1) is 11.3 Å². The van der Waals surface area contributed by atoms with Crippen molar-refractivity contribution in [1.82, 2.24) is 10.4 Å². The van der Waals surface area contributed by atoms with E-state index < -0.39 is 11.9 Å². The van der Waals surface area contributed by atoms with Gasteiger partial charge in [-0.05, 0) is 32.9 Å². The average molecular weight is 343 g/mol. The first kappa shape index (κ1) is 16.1. The topological polar surface area (TPSA) is 86.7 Å². The number of benzene rings is 1. The fraction of sp³-hybridized carbons (Fsp3) is 0.250. The van der Waals surface area contributed by atoms with E-state index in [1.807, 2.05) is 32.0 Å². The van der Waals surface area contributed by atoms with Crippen molar-refractivity contribution in [3.8, 4) is 0 Å². The Labute approximate surface area is 143 Å². The number of aromatic nitrogens is 1. The number of carbonyl (C=O) groups excluding carboxylic acids is 2. The Morgan fingerprint density at radius 3 is 2.62 bits per heavy atom. The summed E-state index contributed by atoms with van der Waals surface area (Å²) in [6.07, 6.45) is 0. The van der Waals surface area contributed by atoms with Crippen LogP contribution in [-0.2, 0) is 9.59 Å². The first-order valence-electron chi connectivity index (χ1n) is 7.44. The zero-order valence-electron chi connectivity index (χ0n) is 13.5. The number of anilines is 2. The lowest BCUT2D eigenvalue weighted by Gasteiger charge is -2.30. The third kappa shape index (κ3) is 3.13. The molecule has 2 N–H and O–H groups in total. The number of hydrogen-bond donors (Lipinski definition) is 2. The lowest BCUT2D eigenvalue weighted by atomic mass is 10.2. The van der Waals surface area contributed by atoms with Crippen LogP contribution < -0.4 is 15.8 Å². The zero-order chi connectivity index (χ0) is 17.3. The van der Waals surface area contributed by atoms with E-state index >= 15 is 0 Å². The van der Waals surface area contributed by atoms with E-state index in [1.54, 1.807) is 19.1 Å². The molecule has 0 aliphatic carbocycles. The van der Waals surface area contributed by atoms with Crippen LogP contribution in [0.2, 0.25) is 0 Å². The van der Waals surface area contributed by atoms with Crippen LogP contribution >= 0.6 is 11.3 Å². The second-order valence-electron chi connectivity index (χ2n) is 5.39. The summed E-state index contributed by atoms with van der Waals surface area (Å²) in [6.45, 7) is 5.48. The number of nitrogens with one attached hydrogen (secondary N) is 2. The predicted molar refractivity (Wildman–Crippen MR) is 94.2 cm³/mol. The molecule has 0 saturated heterocycles. The largest absolute Gasteiger partial charge is 0.295 e. The molecule has 2 amide bonds. The summed E-state index contributed by atoms with van der Waals surface area (Å²) in [4.78, 5) is 34.2. The number of amidine groups is 1. The quantitative estimate of drug-likeness (QED) is 0.893. The molecule has 1 aliphatic rings. The van der Waals surface area contributed by atoms with E-state index in [4.69, 9.17) is 0 Å². The molecule has 2 aromatic rings. The molecule has 1 aliphatic heterocycles. The van der Waals surface area contributed by atoms with Crippen molar-refractivity contribution in [3.05, 3.63) is 40.9 Å². The van der Waals surface area contributed by atoms with Crippen molar-refractivity contribution in [2.75, 3.05) is 10.3 Å². The molecule has 1 atom stereocenters. The number of thiazole rings is 1. The van der Waals surface area contributed by atoms with Crippen LogP contribution in [0.3, 0.4) is 0 Å². The maximum absolute atomic E-state index is 12.4. The molecule has 0 saturated carbocycles. The summed E-state index contributed by atoms with van der Waals surface area (Å²) in [6, 6.07) is 8.42. The normalized spacial score (nSPS) is 17.3.